The molecule has 1 amide bonds. The highest BCUT2D eigenvalue weighted by Gasteiger charge is 2.75. The van der Waals surface area contributed by atoms with Crippen LogP contribution < -0.4 is 10.6 Å². The van der Waals surface area contributed by atoms with Crippen LogP contribution in [0.3, 0.4) is 0 Å². The fraction of sp³-hybridized carbons (Fsp3) is 0.692. The van der Waals surface area contributed by atoms with Gasteiger partial charge in [0.2, 0.25) is 21.9 Å². The summed E-state index contributed by atoms with van der Waals surface area (Å²) in [6, 6.07) is 4.27. The van der Waals surface area contributed by atoms with Gasteiger partial charge >= 0.3 is 0 Å². The predicted molar refractivity (Wildman–Crippen MR) is 145 cm³/mol. The first-order chi connectivity index (χ1) is 18.1. The number of nitrogens with zero attached hydrogens (tertiary/aromatic N) is 2. The van der Waals surface area contributed by atoms with Crippen LogP contribution in [0.2, 0.25) is 10.0 Å². The number of benzene rings is 1. The summed E-state index contributed by atoms with van der Waals surface area (Å²) in [5, 5.41) is 6.86. The van der Waals surface area contributed by atoms with Crippen molar-refractivity contribution in [2.75, 3.05) is 19.0 Å². The van der Waals surface area contributed by atoms with Crippen molar-refractivity contribution in [2.45, 2.75) is 82.0 Å². The summed E-state index contributed by atoms with van der Waals surface area (Å²) in [6.07, 6.45) is 1.08. The Kier molecular flexibility index (Phi) is 7.25. The van der Waals surface area contributed by atoms with Crippen molar-refractivity contribution in [3.8, 4) is 0 Å². The zero-order valence-corrected chi connectivity index (χ0v) is 24.2. The molecule has 0 saturated heterocycles. The molecule has 1 heterocycles. The number of carbonyl (C=O) groups excluding carboxylic acids is 1. The average Bonchev–Trinajstić information content (AvgIpc) is 3.09. The molecule has 13 heteroatoms. The number of sulfonamides is 1. The molecule has 1 aliphatic heterocycles. The van der Waals surface area contributed by atoms with Crippen molar-refractivity contribution in [1.82, 2.24) is 14.9 Å². The second kappa shape index (κ2) is 9.77. The lowest BCUT2D eigenvalue weighted by Crippen LogP contribution is -2.78. The molecule has 6 rings (SSSR count). The van der Waals surface area contributed by atoms with E-state index in [9.17, 15) is 26.4 Å². The summed E-state index contributed by atoms with van der Waals surface area (Å²) >= 11 is 12.2. The third kappa shape index (κ3) is 5.28. The lowest BCUT2D eigenvalue weighted by atomic mass is 9.38. The molecule has 0 aromatic heterocycles. The molecule has 216 valence electrons. The molecule has 0 spiro atoms. The Morgan fingerprint density at radius 2 is 1.85 bits per heavy atom. The van der Waals surface area contributed by atoms with Gasteiger partial charge in [0, 0.05) is 36.9 Å². The second-order valence-electron chi connectivity index (χ2n) is 12.3. The van der Waals surface area contributed by atoms with Crippen molar-refractivity contribution in [3.05, 3.63) is 33.8 Å². The van der Waals surface area contributed by atoms with Gasteiger partial charge < -0.3 is 10.6 Å². The van der Waals surface area contributed by atoms with Gasteiger partial charge in [-0.25, -0.2) is 17.2 Å². The van der Waals surface area contributed by atoms with Crippen LogP contribution >= 0.6 is 23.2 Å². The Morgan fingerprint density at radius 1 is 1.18 bits per heavy atom. The van der Waals surface area contributed by atoms with Crippen molar-refractivity contribution in [2.24, 2.45) is 16.3 Å². The number of alkyl halides is 3. The van der Waals surface area contributed by atoms with Crippen LogP contribution in [0.25, 0.3) is 0 Å². The summed E-state index contributed by atoms with van der Waals surface area (Å²) in [4.78, 5) is 17.7. The van der Waals surface area contributed by atoms with Gasteiger partial charge in [0.1, 0.15) is 5.84 Å². The smallest absolute Gasteiger partial charge is 0.248 e. The first-order valence-electron chi connectivity index (χ1n) is 13.1. The number of amidine groups is 1. The standard InChI is InChI=1S/C26H33Cl2F3N4O3S/c1-23(2)20(21(36)32-11-17-9-26(30,31)10-17)33-22(34-23)24-13-25(14-24,15-24)35(39(37,38)7-3-6-29)12-16-4-5-18(27)19(28)8-16/h4-5,8,17,20H,3,6-7,9-15H2,1-2H3,(H,32,36)(H,33,34)/t20-,24?,25?/m0/s1. The van der Waals surface area contributed by atoms with Crippen LogP contribution in [-0.2, 0) is 21.4 Å². The Balaban J connectivity index is 1.28. The number of rotatable bonds is 11. The highest BCUT2D eigenvalue weighted by molar-refractivity contribution is 7.89. The number of halogens is 5. The summed E-state index contributed by atoms with van der Waals surface area (Å²) in [7, 11) is -3.77. The molecule has 1 atom stereocenters. The SMILES string of the molecule is CC1(C)NC(C23CC(N(Cc4ccc(Cl)c(Cl)c4)S(=O)(=O)CCCF)(C2)C3)=N[C@H]1C(=O)NCC1CC(F)(F)C1. The number of hydrogen-bond donors (Lipinski definition) is 2. The largest absolute Gasteiger partial charge is 0.366 e. The zero-order valence-electron chi connectivity index (χ0n) is 21.9. The van der Waals surface area contributed by atoms with Crippen LogP contribution in [-0.4, -0.2) is 66.5 Å². The molecule has 4 fully saturated rings. The molecule has 5 aliphatic rings. The summed E-state index contributed by atoms with van der Waals surface area (Å²) in [5.41, 5.74) is -0.983. The van der Waals surface area contributed by atoms with Gasteiger partial charge in [-0.2, -0.15) is 4.31 Å². The molecule has 0 unspecified atom stereocenters. The number of nitrogens with one attached hydrogen (secondary N) is 2. The average molecular weight is 610 g/mol. The molecule has 2 bridgehead atoms. The van der Waals surface area contributed by atoms with E-state index in [2.05, 4.69) is 10.6 Å². The molecule has 7 nitrogen and oxygen atoms in total. The normalized spacial score (nSPS) is 30.6. The third-order valence-electron chi connectivity index (χ3n) is 8.59. The topological polar surface area (TPSA) is 90.9 Å². The van der Waals surface area contributed by atoms with Crippen LogP contribution in [0.15, 0.2) is 23.2 Å². The molecule has 4 saturated carbocycles. The first kappa shape index (κ1) is 29.0. The molecule has 39 heavy (non-hydrogen) atoms. The number of amides is 1. The van der Waals surface area contributed by atoms with E-state index in [0.29, 0.717) is 40.7 Å². The number of aliphatic imine (C=N–C) groups is 1. The highest BCUT2D eigenvalue weighted by Crippen LogP contribution is 2.71. The molecule has 1 aromatic carbocycles. The zero-order chi connectivity index (χ0) is 28.4. The van der Waals surface area contributed by atoms with Crippen LogP contribution in [0.5, 0.6) is 0 Å². The van der Waals surface area contributed by atoms with Gasteiger partial charge in [0.05, 0.1) is 28.0 Å². The maximum Gasteiger partial charge on any atom is 0.248 e. The molecule has 4 aliphatic carbocycles. The van der Waals surface area contributed by atoms with Gasteiger partial charge in [-0.1, -0.05) is 29.3 Å². The van der Waals surface area contributed by atoms with E-state index in [4.69, 9.17) is 28.2 Å². The minimum atomic E-state index is -3.77. The first-order valence-corrected chi connectivity index (χ1v) is 15.5. The van der Waals surface area contributed by atoms with Gasteiger partial charge in [0.25, 0.3) is 0 Å². The van der Waals surface area contributed by atoms with Gasteiger partial charge in [-0.3, -0.25) is 14.2 Å². The quantitative estimate of drug-likeness (QED) is 0.380. The number of hydrogen-bond acceptors (Lipinski definition) is 5. The van der Waals surface area contributed by atoms with Gasteiger partial charge in [0.15, 0.2) is 6.04 Å². The predicted octanol–water partition coefficient (Wildman–Crippen LogP) is 4.72. The fourth-order valence-corrected chi connectivity index (χ4v) is 8.73. The summed E-state index contributed by atoms with van der Waals surface area (Å²) in [5.74, 6) is -2.79. The van der Waals surface area contributed by atoms with Crippen molar-refractivity contribution in [3.63, 3.8) is 0 Å². The molecule has 1 aromatic rings. The Morgan fingerprint density at radius 3 is 2.44 bits per heavy atom. The molecule has 2 N–H and O–H groups in total. The minimum Gasteiger partial charge on any atom is -0.366 e. The van der Waals surface area contributed by atoms with E-state index in [-0.39, 0.29) is 55.3 Å². The highest BCUT2D eigenvalue weighted by atomic mass is 35.5. The second-order valence-corrected chi connectivity index (χ2v) is 15.1. The van der Waals surface area contributed by atoms with E-state index in [1.165, 1.54) is 4.31 Å². The number of carbonyl (C=O) groups is 1. The fourth-order valence-electron chi connectivity index (χ4n) is 6.59. The van der Waals surface area contributed by atoms with E-state index in [0.717, 1.165) is 0 Å². The van der Waals surface area contributed by atoms with E-state index < -0.39 is 39.7 Å². The lowest BCUT2D eigenvalue weighted by Gasteiger charge is -2.73. The van der Waals surface area contributed by atoms with E-state index >= 15 is 0 Å². The lowest BCUT2D eigenvalue weighted by molar-refractivity contribution is -0.151. The maximum atomic E-state index is 13.3. The summed E-state index contributed by atoms with van der Waals surface area (Å²) in [6.45, 7) is 3.30. The Bertz CT molecular complexity index is 1280. The minimum absolute atomic E-state index is 0.0842. The van der Waals surface area contributed by atoms with E-state index in [1.807, 2.05) is 13.8 Å². The maximum absolute atomic E-state index is 13.3. The van der Waals surface area contributed by atoms with Gasteiger partial charge in [-0.15, -0.1) is 0 Å². The van der Waals surface area contributed by atoms with Crippen molar-refractivity contribution in [1.29, 1.82) is 0 Å². The Labute approximate surface area is 236 Å². The monoisotopic (exact) mass is 608 g/mol. The summed E-state index contributed by atoms with van der Waals surface area (Å²) < 4.78 is 67.3. The van der Waals surface area contributed by atoms with Crippen LogP contribution in [0, 0.1) is 11.3 Å². The molecular weight excluding hydrogens is 576 g/mol. The van der Waals surface area contributed by atoms with Crippen LogP contribution in [0.1, 0.15) is 57.9 Å². The van der Waals surface area contributed by atoms with Crippen molar-refractivity contribution < 1.29 is 26.4 Å². The van der Waals surface area contributed by atoms with E-state index in [1.54, 1.807) is 18.2 Å². The van der Waals surface area contributed by atoms with Gasteiger partial charge in [-0.05, 0) is 63.1 Å². The molecular formula is C26H33Cl2F3N4O3S. The van der Waals surface area contributed by atoms with Crippen LogP contribution in [0.4, 0.5) is 13.2 Å². The van der Waals surface area contributed by atoms with Crippen molar-refractivity contribution >= 4 is 45.0 Å². The Hall–Kier alpha value is -1.56. The molecule has 0 radical (unpaired) electrons. The third-order valence-corrected chi connectivity index (χ3v) is 11.3.